The van der Waals surface area contributed by atoms with Crippen molar-refractivity contribution >= 4 is 22.0 Å². The third-order valence-electron chi connectivity index (χ3n) is 3.29. The first-order chi connectivity index (χ1) is 12.3. The molecule has 0 aromatic rings. The van der Waals surface area contributed by atoms with Crippen LogP contribution in [0.3, 0.4) is 0 Å². The lowest BCUT2D eigenvalue weighted by molar-refractivity contribution is -0.356. The average molecular weight is 441 g/mol. The highest BCUT2D eigenvalue weighted by molar-refractivity contribution is 7.86. The van der Waals surface area contributed by atoms with Gasteiger partial charge in [0.05, 0.1) is 0 Å². The van der Waals surface area contributed by atoms with E-state index in [1.807, 2.05) is 0 Å². The van der Waals surface area contributed by atoms with Crippen LogP contribution < -0.4 is 0 Å². The molecule has 0 spiro atoms. The highest BCUT2D eigenvalue weighted by Gasteiger charge is 2.68. The van der Waals surface area contributed by atoms with Crippen LogP contribution >= 0.6 is 0 Å². The topological polar surface area (TPSA) is 110 Å². The fraction of sp³-hybridized carbons (Fsp3) is 0.714. The summed E-state index contributed by atoms with van der Waals surface area (Å²) in [5, 5.41) is -5.23. The number of hydrogen-bond acceptors (Lipinski definition) is 6. The van der Waals surface area contributed by atoms with E-state index in [1.54, 1.807) is 0 Å². The number of hydrogen-bond donors (Lipinski definition) is 1. The van der Waals surface area contributed by atoms with E-state index in [2.05, 4.69) is 16.1 Å². The van der Waals surface area contributed by atoms with Gasteiger partial charge in [-0.25, -0.2) is 4.79 Å². The van der Waals surface area contributed by atoms with Crippen molar-refractivity contribution in [1.29, 1.82) is 0 Å². The Hall–Kier alpha value is -1.80. The van der Waals surface area contributed by atoms with Gasteiger partial charge in [-0.15, -0.1) is 0 Å². The number of amides is 1. The monoisotopic (exact) mass is 441 g/mol. The molecule has 0 fully saturated rings. The second kappa shape index (κ2) is 8.69. The quantitative estimate of drug-likeness (QED) is 0.192. The molecule has 164 valence electrons. The van der Waals surface area contributed by atoms with Crippen LogP contribution in [0.2, 0.25) is 0 Å². The van der Waals surface area contributed by atoms with Crippen molar-refractivity contribution in [2.75, 3.05) is 13.2 Å². The van der Waals surface area contributed by atoms with Gasteiger partial charge in [-0.3, -0.25) is 9.35 Å². The first-order valence-electron chi connectivity index (χ1n) is 7.59. The highest BCUT2D eigenvalue weighted by Crippen LogP contribution is 2.39. The lowest BCUT2D eigenvalue weighted by Crippen LogP contribution is -2.64. The fourth-order valence-corrected chi connectivity index (χ4v) is 2.01. The summed E-state index contributed by atoms with van der Waals surface area (Å²) in [6, 6.07) is -0.909. The molecule has 0 rings (SSSR count). The Morgan fingerprint density at radius 2 is 1.64 bits per heavy atom. The van der Waals surface area contributed by atoms with Crippen LogP contribution in [0.15, 0.2) is 12.2 Å². The zero-order valence-corrected chi connectivity index (χ0v) is 16.2. The van der Waals surface area contributed by atoms with E-state index in [9.17, 15) is 40.0 Å². The number of carbonyl (C=O) groups is 2. The van der Waals surface area contributed by atoms with Crippen LogP contribution in [0.25, 0.3) is 0 Å². The van der Waals surface area contributed by atoms with Gasteiger partial charge in [0.25, 0.3) is 0 Å². The first-order valence-corrected chi connectivity index (χ1v) is 9.03. The van der Waals surface area contributed by atoms with Crippen LogP contribution in [-0.2, 0) is 29.2 Å². The number of halogens is 5. The minimum absolute atomic E-state index is 0.364. The molecule has 28 heavy (non-hydrogen) atoms. The number of likely N-dealkylation sites (N-methyl/N-ethyl adjacent to an activating group) is 1. The molecular weight excluding hydrogens is 421 g/mol. The predicted octanol–water partition coefficient (Wildman–Crippen LogP) is 2.12. The lowest BCUT2D eigenvalue weighted by atomic mass is 10.1. The Kier molecular flexibility index (Phi) is 8.14. The molecule has 1 amide bonds. The third kappa shape index (κ3) is 5.61. The molecule has 0 aliphatic heterocycles. The summed E-state index contributed by atoms with van der Waals surface area (Å²) in [4.78, 5) is 24.7. The number of rotatable bonds is 9. The number of carbonyl (C=O) groups excluding carboxylic acids is 2. The standard InChI is InChI=1S/C14H20F5NO7S/c1-6-20(9(4)5)11(22)13(14(17,18)19,27-10(21)8(2)3)26-7-12(15,16)28(23,24)25/h9H,2,6-7H2,1,3-5H3,(H,23,24,25). The number of ether oxygens (including phenoxy) is 2. The molecular formula is C14H20F5NO7S. The smallest absolute Gasteiger partial charge is 0.412 e. The largest absolute Gasteiger partial charge is 0.466 e. The van der Waals surface area contributed by atoms with Crippen molar-refractivity contribution in [3.8, 4) is 0 Å². The van der Waals surface area contributed by atoms with Crippen LogP contribution in [0.5, 0.6) is 0 Å². The maximum atomic E-state index is 13.7. The molecule has 0 aromatic carbocycles. The maximum absolute atomic E-state index is 13.7. The molecule has 0 bridgehead atoms. The predicted molar refractivity (Wildman–Crippen MR) is 84.7 cm³/mol. The maximum Gasteiger partial charge on any atom is 0.466 e. The van der Waals surface area contributed by atoms with Crippen molar-refractivity contribution in [3.63, 3.8) is 0 Å². The zero-order valence-electron chi connectivity index (χ0n) is 15.3. The van der Waals surface area contributed by atoms with Gasteiger partial charge in [0.2, 0.25) is 0 Å². The van der Waals surface area contributed by atoms with Gasteiger partial charge in [-0.05, 0) is 27.7 Å². The molecule has 0 heterocycles. The molecule has 8 nitrogen and oxygen atoms in total. The number of nitrogens with zero attached hydrogens (tertiary/aromatic N) is 1. The molecule has 14 heteroatoms. The summed E-state index contributed by atoms with van der Waals surface area (Å²) in [6.07, 6.45) is -5.90. The van der Waals surface area contributed by atoms with Crippen molar-refractivity contribution in [1.82, 2.24) is 4.90 Å². The Labute approximate surface area is 158 Å². The normalized spacial score (nSPS) is 15.1. The van der Waals surface area contributed by atoms with Gasteiger partial charge >= 0.3 is 39.2 Å². The molecule has 0 aromatic heterocycles. The third-order valence-corrected chi connectivity index (χ3v) is 4.16. The van der Waals surface area contributed by atoms with Crippen LogP contribution in [0, 0.1) is 0 Å². The molecule has 1 N–H and O–H groups in total. The highest BCUT2D eigenvalue weighted by atomic mass is 32.2. The second-order valence-corrected chi connectivity index (χ2v) is 7.42. The number of esters is 1. The van der Waals surface area contributed by atoms with Gasteiger partial charge < -0.3 is 14.4 Å². The number of alkyl halides is 5. The first kappa shape index (κ1) is 26.2. The van der Waals surface area contributed by atoms with E-state index in [0.717, 1.165) is 6.92 Å². The van der Waals surface area contributed by atoms with Crippen molar-refractivity contribution in [2.24, 2.45) is 0 Å². The van der Waals surface area contributed by atoms with Gasteiger partial charge in [0.15, 0.2) is 0 Å². The van der Waals surface area contributed by atoms with Gasteiger partial charge in [-0.2, -0.15) is 30.4 Å². The Morgan fingerprint density at radius 1 is 1.18 bits per heavy atom. The Bertz CT molecular complexity index is 720. The molecule has 0 aliphatic carbocycles. The summed E-state index contributed by atoms with van der Waals surface area (Å²) in [5.41, 5.74) is -0.626. The van der Waals surface area contributed by atoms with Crippen molar-refractivity contribution < 1.29 is 54.0 Å². The lowest BCUT2D eigenvalue weighted by Gasteiger charge is -2.38. The molecule has 1 unspecified atom stereocenters. The molecule has 0 saturated heterocycles. The van der Waals surface area contributed by atoms with Crippen LogP contribution in [-0.4, -0.2) is 66.2 Å². The van der Waals surface area contributed by atoms with Crippen molar-refractivity contribution in [3.05, 3.63) is 12.2 Å². The van der Waals surface area contributed by atoms with Gasteiger partial charge in [0, 0.05) is 18.2 Å². The van der Waals surface area contributed by atoms with E-state index in [0.29, 0.717) is 4.90 Å². The summed E-state index contributed by atoms with van der Waals surface area (Å²) in [6.45, 7) is 4.78. The summed E-state index contributed by atoms with van der Waals surface area (Å²) < 4.78 is 106. The average Bonchev–Trinajstić information content (AvgIpc) is 2.48. The molecule has 1 atom stereocenters. The second-order valence-electron chi connectivity index (χ2n) is 5.87. The summed E-state index contributed by atoms with van der Waals surface area (Å²) >= 11 is 0. The summed E-state index contributed by atoms with van der Waals surface area (Å²) in [7, 11) is -6.19. The van der Waals surface area contributed by atoms with Crippen molar-refractivity contribution in [2.45, 2.75) is 51.0 Å². The minimum atomic E-state index is -6.19. The van der Waals surface area contributed by atoms with Crippen LogP contribution in [0.1, 0.15) is 27.7 Å². The van der Waals surface area contributed by atoms with Gasteiger partial charge in [-0.1, -0.05) is 6.58 Å². The zero-order chi connectivity index (χ0) is 22.7. The minimum Gasteiger partial charge on any atom is -0.412 e. The van der Waals surface area contributed by atoms with Gasteiger partial charge in [0.1, 0.15) is 6.61 Å². The SMILES string of the molecule is C=C(C)C(=O)OC(OCC(F)(F)S(=O)(=O)O)(C(=O)N(CC)C(C)C)C(F)(F)F. The Balaban J connectivity index is 6.47. The Morgan fingerprint density at radius 3 is 1.93 bits per heavy atom. The van der Waals surface area contributed by atoms with E-state index < -0.39 is 57.4 Å². The summed E-state index contributed by atoms with van der Waals surface area (Å²) in [5.74, 6) is -8.48. The van der Waals surface area contributed by atoms with E-state index in [4.69, 9.17) is 4.55 Å². The molecule has 0 saturated carbocycles. The molecule has 0 aliphatic rings. The van der Waals surface area contributed by atoms with Crippen LogP contribution in [0.4, 0.5) is 22.0 Å². The fourth-order valence-electron chi connectivity index (χ4n) is 1.81. The van der Waals surface area contributed by atoms with E-state index in [-0.39, 0.29) is 6.54 Å². The van der Waals surface area contributed by atoms with E-state index >= 15 is 0 Å². The van der Waals surface area contributed by atoms with E-state index in [1.165, 1.54) is 20.8 Å². The molecule has 0 radical (unpaired) electrons.